The van der Waals surface area contributed by atoms with E-state index in [0.29, 0.717) is 11.3 Å². The van der Waals surface area contributed by atoms with Crippen LogP contribution >= 0.6 is 0 Å². The summed E-state index contributed by atoms with van der Waals surface area (Å²) in [5, 5.41) is 19.6. The van der Waals surface area contributed by atoms with Gasteiger partial charge in [-0.1, -0.05) is 12.1 Å². The van der Waals surface area contributed by atoms with Gasteiger partial charge >= 0.3 is 6.09 Å². The van der Waals surface area contributed by atoms with Crippen LogP contribution in [0.2, 0.25) is 0 Å². The second-order valence-corrected chi connectivity index (χ2v) is 3.02. The minimum atomic E-state index is -0.553. The molecular formula is C12H9N3O2. The number of carbonyl (C=O) groups excluding carboxylic acids is 1. The van der Waals surface area contributed by atoms with Crippen LogP contribution in [0.15, 0.2) is 29.8 Å². The minimum absolute atomic E-state index is 0.0266. The van der Waals surface area contributed by atoms with E-state index in [4.69, 9.17) is 10.5 Å². The van der Waals surface area contributed by atoms with E-state index >= 15 is 0 Å². The number of methoxy groups -OCH3 is 1. The standard InChI is InChI=1S/C12H9N3O2/c1-17-12(16)15-11-4-2-9(3-5-11)6-10(7-13)8-14/h2-6H,1H3,(H,15,16). The smallest absolute Gasteiger partial charge is 0.411 e. The highest BCUT2D eigenvalue weighted by molar-refractivity contribution is 5.84. The predicted molar refractivity (Wildman–Crippen MR) is 61.7 cm³/mol. The molecule has 5 nitrogen and oxygen atoms in total. The lowest BCUT2D eigenvalue weighted by Crippen LogP contribution is -2.10. The van der Waals surface area contributed by atoms with Crippen LogP contribution in [0.4, 0.5) is 10.5 Å². The number of ether oxygens (including phenoxy) is 1. The van der Waals surface area contributed by atoms with E-state index in [-0.39, 0.29) is 5.57 Å². The summed E-state index contributed by atoms with van der Waals surface area (Å²) in [6.45, 7) is 0. The van der Waals surface area contributed by atoms with Crippen LogP contribution < -0.4 is 5.32 Å². The predicted octanol–water partition coefficient (Wildman–Crippen LogP) is 2.30. The van der Waals surface area contributed by atoms with Crippen LogP contribution in [0.1, 0.15) is 5.56 Å². The molecule has 0 heterocycles. The molecule has 0 radical (unpaired) electrons. The number of carbonyl (C=O) groups is 1. The molecule has 1 rings (SSSR count). The van der Waals surface area contributed by atoms with Crippen molar-refractivity contribution in [2.45, 2.75) is 0 Å². The summed E-state index contributed by atoms with van der Waals surface area (Å²) in [5.74, 6) is 0. The average molecular weight is 227 g/mol. The number of rotatable bonds is 2. The molecule has 0 aliphatic heterocycles. The normalized spacial score (nSPS) is 8.41. The molecule has 17 heavy (non-hydrogen) atoms. The highest BCUT2D eigenvalue weighted by Gasteiger charge is 2.00. The number of hydrogen-bond acceptors (Lipinski definition) is 4. The van der Waals surface area contributed by atoms with Gasteiger partial charge in [-0.25, -0.2) is 4.79 Å². The number of anilines is 1. The number of benzene rings is 1. The Morgan fingerprint density at radius 1 is 1.29 bits per heavy atom. The third-order valence-corrected chi connectivity index (χ3v) is 1.89. The molecule has 0 aromatic heterocycles. The monoisotopic (exact) mass is 227 g/mol. The molecule has 0 bridgehead atoms. The first-order valence-corrected chi connectivity index (χ1v) is 4.66. The molecule has 0 saturated heterocycles. The van der Waals surface area contributed by atoms with Gasteiger partial charge in [0.15, 0.2) is 0 Å². The first kappa shape index (κ1) is 12.3. The lowest BCUT2D eigenvalue weighted by atomic mass is 10.1. The second-order valence-electron chi connectivity index (χ2n) is 3.02. The number of amides is 1. The van der Waals surface area contributed by atoms with Gasteiger partial charge in [0.1, 0.15) is 17.7 Å². The van der Waals surface area contributed by atoms with Gasteiger partial charge in [0.25, 0.3) is 0 Å². The van der Waals surface area contributed by atoms with E-state index in [1.165, 1.54) is 13.2 Å². The van der Waals surface area contributed by atoms with Gasteiger partial charge in [-0.2, -0.15) is 10.5 Å². The molecule has 0 atom stereocenters. The molecule has 1 aromatic rings. The van der Waals surface area contributed by atoms with E-state index in [1.54, 1.807) is 36.4 Å². The first-order chi connectivity index (χ1) is 8.19. The Balaban J connectivity index is 2.83. The van der Waals surface area contributed by atoms with Crippen molar-refractivity contribution in [2.24, 2.45) is 0 Å². The maximum atomic E-state index is 10.9. The molecule has 0 fully saturated rings. The summed E-state index contributed by atoms with van der Waals surface area (Å²) in [7, 11) is 1.28. The van der Waals surface area contributed by atoms with Gasteiger partial charge in [0.2, 0.25) is 0 Å². The SMILES string of the molecule is COC(=O)Nc1ccc(C=C(C#N)C#N)cc1. The van der Waals surface area contributed by atoms with E-state index in [9.17, 15) is 4.79 Å². The fourth-order valence-electron chi connectivity index (χ4n) is 1.09. The lowest BCUT2D eigenvalue weighted by molar-refractivity contribution is 0.187. The van der Waals surface area contributed by atoms with Crippen molar-refractivity contribution in [3.63, 3.8) is 0 Å². The largest absolute Gasteiger partial charge is 0.453 e. The zero-order valence-corrected chi connectivity index (χ0v) is 9.10. The van der Waals surface area contributed by atoms with Crippen LogP contribution in [0.25, 0.3) is 6.08 Å². The van der Waals surface area contributed by atoms with Crippen LogP contribution in [-0.4, -0.2) is 13.2 Å². The molecule has 0 aliphatic carbocycles. The van der Waals surface area contributed by atoms with Crippen molar-refractivity contribution < 1.29 is 9.53 Å². The number of nitrogens with one attached hydrogen (secondary N) is 1. The Hall–Kier alpha value is -2.79. The fraction of sp³-hybridized carbons (Fsp3) is 0.0833. The summed E-state index contributed by atoms with van der Waals surface area (Å²) < 4.78 is 4.44. The summed E-state index contributed by atoms with van der Waals surface area (Å²) >= 11 is 0. The molecule has 84 valence electrons. The average Bonchev–Trinajstić information content (AvgIpc) is 2.37. The number of hydrogen-bond donors (Lipinski definition) is 1. The molecule has 0 aliphatic rings. The number of allylic oxidation sites excluding steroid dienone is 1. The van der Waals surface area contributed by atoms with Gasteiger partial charge in [-0.15, -0.1) is 0 Å². The van der Waals surface area contributed by atoms with Gasteiger partial charge in [0, 0.05) is 5.69 Å². The summed E-state index contributed by atoms with van der Waals surface area (Å²) in [4.78, 5) is 10.9. The van der Waals surface area contributed by atoms with Crippen LogP contribution in [0, 0.1) is 22.7 Å². The third-order valence-electron chi connectivity index (χ3n) is 1.89. The van der Waals surface area contributed by atoms with E-state index in [1.807, 2.05) is 0 Å². The van der Waals surface area contributed by atoms with E-state index in [0.717, 1.165) is 0 Å². The molecule has 0 spiro atoms. The summed E-state index contributed by atoms with van der Waals surface area (Å²) in [6, 6.07) is 10.2. The van der Waals surface area contributed by atoms with Crippen molar-refractivity contribution in [2.75, 3.05) is 12.4 Å². The molecular weight excluding hydrogens is 218 g/mol. The summed E-state index contributed by atoms with van der Waals surface area (Å²) in [5.41, 5.74) is 1.31. The van der Waals surface area contributed by atoms with Crippen molar-refractivity contribution in [1.82, 2.24) is 0 Å². The zero-order valence-electron chi connectivity index (χ0n) is 9.10. The van der Waals surface area contributed by atoms with Gasteiger partial charge in [0.05, 0.1) is 7.11 Å². The minimum Gasteiger partial charge on any atom is -0.453 e. The molecule has 1 amide bonds. The molecule has 5 heteroatoms. The van der Waals surface area contributed by atoms with Crippen molar-refractivity contribution in [3.8, 4) is 12.1 Å². The Labute approximate surface area is 98.5 Å². The third kappa shape index (κ3) is 3.69. The van der Waals surface area contributed by atoms with Crippen molar-refractivity contribution >= 4 is 17.9 Å². The van der Waals surface area contributed by atoms with Crippen LogP contribution in [0.5, 0.6) is 0 Å². The fourth-order valence-corrected chi connectivity index (χ4v) is 1.09. The van der Waals surface area contributed by atoms with Gasteiger partial charge in [-0.05, 0) is 23.8 Å². The number of nitrogens with zero attached hydrogens (tertiary/aromatic N) is 2. The maximum absolute atomic E-state index is 10.9. The second kappa shape index (κ2) is 5.94. The van der Waals surface area contributed by atoms with Crippen LogP contribution in [0.3, 0.4) is 0 Å². The Morgan fingerprint density at radius 2 is 1.88 bits per heavy atom. The Bertz CT molecular complexity index is 502. The topological polar surface area (TPSA) is 85.9 Å². The van der Waals surface area contributed by atoms with E-state index < -0.39 is 6.09 Å². The highest BCUT2D eigenvalue weighted by Crippen LogP contribution is 2.12. The molecule has 0 saturated carbocycles. The molecule has 0 unspecified atom stereocenters. The van der Waals surface area contributed by atoms with Gasteiger partial charge in [-0.3, -0.25) is 5.32 Å². The zero-order chi connectivity index (χ0) is 12.7. The van der Waals surface area contributed by atoms with Crippen molar-refractivity contribution in [1.29, 1.82) is 10.5 Å². The Morgan fingerprint density at radius 3 is 2.35 bits per heavy atom. The van der Waals surface area contributed by atoms with Crippen LogP contribution in [-0.2, 0) is 4.74 Å². The van der Waals surface area contributed by atoms with Gasteiger partial charge < -0.3 is 4.74 Å². The quantitative estimate of drug-likeness (QED) is 0.785. The molecule has 1 aromatic carbocycles. The number of nitriles is 2. The Kier molecular flexibility index (Phi) is 4.29. The van der Waals surface area contributed by atoms with Crippen molar-refractivity contribution in [3.05, 3.63) is 35.4 Å². The lowest BCUT2D eigenvalue weighted by Gasteiger charge is -2.03. The first-order valence-electron chi connectivity index (χ1n) is 4.66. The summed E-state index contributed by atoms with van der Waals surface area (Å²) in [6.07, 6.45) is 0.907. The highest BCUT2D eigenvalue weighted by atomic mass is 16.5. The van der Waals surface area contributed by atoms with E-state index in [2.05, 4.69) is 10.1 Å². The molecule has 1 N–H and O–H groups in total. The maximum Gasteiger partial charge on any atom is 0.411 e.